The van der Waals surface area contributed by atoms with Crippen LogP contribution in [0.4, 0.5) is 4.79 Å². The number of hydrogen-bond acceptors (Lipinski definition) is 3. The Morgan fingerprint density at radius 1 is 1.47 bits per heavy atom. The van der Waals surface area contributed by atoms with E-state index in [0.29, 0.717) is 23.9 Å². The van der Waals surface area contributed by atoms with Gasteiger partial charge in [0.1, 0.15) is 0 Å². The van der Waals surface area contributed by atoms with Crippen molar-refractivity contribution < 1.29 is 9.59 Å². The summed E-state index contributed by atoms with van der Waals surface area (Å²) in [5.74, 6) is 0.165. The van der Waals surface area contributed by atoms with Crippen molar-refractivity contribution in [3.8, 4) is 0 Å². The molecule has 1 aliphatic rings. The molecule has 1 atom stereocenters. The quantitative estimate of drug-likeness (QED) is 0.930. The van der Waals surface area contributed by atoms with Gasteiger partial charge in [0, 0.05) is 23.4 Å². The Kier molecular flexibility index (Phi) is 4.71. The highest BCUT2D eigenvalue weighted by atomic mass is 35.5. The fourth-order valence-corrected chi connectivity index (χ4v) is 2.84. The van der Waals surface area contributed by atoms with E-state index in [4.69, 9.17) is 11.6 Å². The van der Waals surface area contributed by atoms with Crippen molar-refractivity contribution in [3.63, 3.8) is 0 Å². The van der Waals surface area contributed by atoms with Gasteiger partial charge in [-0.25, -0.2) is 4.79 Å². The first-order valence-corrected chi connectivity index (χ1v) is 7.46. The molecule has 4 nitrogen and oxygen atoms in total. The molecule has 6 heteroatoms. The molecule has 3 amide bonds. The third-order valence-electron chi connectivity index (χ3n) is 2.95. The monoisotopic (exact) mass is 298 g/mol. The highest BCUT2D eigenvalue weighted by Gasteiger charge is 2.26. The summed E-state index contributed by atoms with van der Waals surface area (Å²) in [6, 6.07) is 7.29. The zero-order chi connectivity index (χ0) is 13.8. The Hall–Kier alpha value is -1.20. The minimum Gasteiger partial charge on any atom is -0.336 e. The van der Waals surface area contributed by atoms with E-state index >= 15 is 0 Å². The number of hydrogen-bond donors (Lipinski definition) is 1. The molecule has 0 bridgehead atoms. The summed E-state index contributed by atoms with van der Waals surface area (Å²) >= 11 is 7.35. The van der Waals surface area contributed by atoms with Crippen LogP contribution < -0.4 is 5.32 Å². The second kappa shape index (κ2) is 6.30. The molecule has 1 aromatic carbocycles. The number of nitrogens with zero attached hydrogens (tertiary/aromatic N) is 1. The molecule has 2 rings (SSSR count). The molecule has 0 radical (unpaired) electrons. The Bertz CT molecular complexity index is 478. The van der Waals surface area contributed by atoms with E-state index in [1.54, 1.807) is 0 Å². The van der Waals surface area contributed by atoms with Crippen LogP contribution in [0, 0.1) is 0 Å². The van der Waals surface area contributed by atoms with E-state index in [9.17, 15) is 9.59 Å². The summed E-state index contributed by atoms with van der Waals surface area (Å²) in [4.78, 5) is 24.5. The topological polar surface area (TPSA) is 49.4 Å². The van der Waals surface area contributed by atoms with Crippen LogP contribution in [0.3, 0.4) is 0 Å². The maximum atomic E-state index is 11.9. The molecule has 1 N–H and O–H groups in total. The van der Waals surface area contributed by atoms with Gasteiger partial charge in [-0.05, 0) is 24.6 Å². The Labute approximate surface area is 121 Å². The van der Waals surface area contributed by atoms with Crippen LogP contribution in [0.25, 0.3) is 0 Å². The molecule has 0 spiro atoms. The second-order valence-corrected chi connectivity index (χ2v) is 6.05. The average Bonchev–Trinajstić information content (AvgIpc) is 2.83. The maximum absolute atomic E-state index is 11.9. The van der Waals surface area contributed by atoms with Crippen molar-refractivity contribution in [2.24, 2.45) is 0 Å². The number of rotatable bonds is 4. The van der Waals surface area contributed by atoms with E-state index in [1.165, 1.54) is 16.7 Å². The fraction of sp³-hybridized carbons (Fsp3) is 0.385. The molecule has 19 heavy (non-hydrogen) atoms. The van der Waals surface area contributed by atoms with E-state index in [1.807, 2.05) is 31.2 Å². The van der Waals surface area contributed by atoms with Gasteiger partial charge >= 0.3 is 6.03 Å². The summed E-state index contributed by atoms with van der Waals surface area (Å²) in [6.45, 7) is 3.04. The zero-order valence-electron chi connectivity index (χ0n) is 10.6. The Morgan fingerprint density at radius 2 is 2.16 bits per heavy atom. The van der Waals surface area contributed by atoms with Crippen LogP contribution in [0.2, 0.25) is 5.02 Å². The number of nitrogens with one attached hydrogen (secondary N) is 1. The number of carbonyl (C=O) groups is 2. The lowest BCUT2D eigenvalue weighted by atomic mass is 10.2. The molecule has 1 saturated heterocycles. The van der Waals surface area contributed by atoms with Crippen molar-refractivity contribution in [3.05, 3.63) is 34.9 Å². The van der Waals surface area contributed by atoms with Crippen molar-refractivity contribution in [1.29, 1.82) is 0 Å². The van der Waals surface area contributed by atoms with Gasteiger partial charge in [0.25, 0.3) is 0 Å². The predicted molar refractivity (Wildman–Crippen MR) is 77.4 cm³/mol. The van der Waals surface area contributed by atoms with Gasteiger partial charge < -0.3 is 5.32 Å². The number of thioether (sulfide) groups is 1. The molecule has 0 aliphatic carbocycles. The maximum Gasteiger partial charge on any atom is 0.324 e. The van der Waals surface area contributed by atoms with Gasteiger partial charge in [-0.15, -0.1) is 11.8 Å². The Balaban J connectivity index is 1.86. The van der Waals surface area contributed by atoms with Crippen LogP contribution >= 0.6 is 23.4 Å². The normalized spacial score (nSPS) is 16.3. The molecule has 0 unspecified atom stereocenters. The zero-order valence-corrected chi connectivity index (χ0v) is 12.1. The van der Waals surface area contributed by atoms with Gasteiger partial charge in [0.05, 0.1) is 5.75 Å². The smallest absolute Gasteiger partial charge is 0.324 e. The molecule has 1 aliphatic heterocycles. The van der Waals surface area contributed by atoms with E-state index in [0.717, 1.165) is 5.56 Å². The average molecular weight is 299 g/mol. The van der Waals surface area contributed by atoms with Gasteiger partial charge in [-0.1, -0.05) is 23.7 Å². The summed E-state index contributed by atoms with van der Waals surface area (Å²) in [5.41, 5.74) is 1.12. The minimum absolute atomic E-state index is 0.138. The van der Waals surface area contributed by atoms with Crippen LogP contribution in [0.5, 0.6) is 0 Å². The third-order valence-corrected chi connectivity index (χ3v) is 4.39. The summed E-state index contributed by atoms with van der Waals surface area (Å²) < 4.78 is 0. The number of benzene rings is 1. The molecule has 1 fully saturated rings. The lowest BCUT2D eigenvalue weighted by Crippen LogP contribution is -2.35. The molecule has 0 saturated carbocycles. The molecule has 102 valence electrons. The van der Waals surface area contributed by atoms with Crippen molar-refractivity contribution >= 4 is 35.3 Å². The van der Waals surface area contributed by atoms with Gasteiger partial charge in [0.15, 0.2) is 0 Å². The molecule has 1 heterocycles. The second-order valence-electron chi connectivity index (χ2n) is 4.28. The predicted octanol–water partition coefficient (Wildman–Crippen LogP) is 2.69. The largest absolute Gasteiger partial charge is 0.336 e. The number of urea groups is 1. The van der Waals surface area contributed by atoms with Crippen molar-refractivity contribution in [1.82, 2.24) is 10.2 Å². The lowest BCUT2D eigenvalue weighted by Gasteiger charge is -2.15. The van der Waals surface area contributed by atoms with Gasteiger partial charge in [-0.3, -0.25) is 9.69 Å². The number of amides is 3. The minimum atomic E-state index is -0.287. The fourth-order valence-electron chi connectivity index (χ4n) is 1.81. The van der Waals surface area contributed by atoms with E-state index in [-0.39, 0.29) is 17.2 Å². The van der Waals surface area contributed by atoms with Crippen molar-refractivity contribution in [2.75, 3.05) is 18.8 Å². The third kappa shape index (κ3) is 3.64. The molecule has 0 aromatic heterocycles. The Morgan fingerprint density at radius 3 is 2.74 bits per heavy atom. The number of halogens is 1. The highest BCUT2D eigenvalue weighted by Crippen LogP contribution is 2.29. The first kappa shape index (κ1) is 14.2. The summed E-state index contributed by atoms with van der Waals surface area (Å²) in [7, 11) is 0. The van der Waals surface area contributed by atoms with Gasteiger partial charge in [0.2, 0.25) is 5.91 Å². The summed E-state index contributed by atoms with van der Waals surface area (Å²) in [5, 5.41) is 3.50. The van der Waals surface area contributed by atoms with E-state index in [2.05, 4.69) is 5.32 Å². The number of carbonyl (C=O) groups excluding carboxylic acids is 2. The van der Waals surface area contributed by atoms with Gasteiger partial charge in [-0.2, -0.15) is 0 Å². The standard InChI is InChI=1S/C13H15ClN2O2S/c1-9(10-2-4-11(14)5-3-10)19-8-12(17)16-7-6-15-13(16)18/h2-5,9H,6-8H2,1H3,(H,15,18)/t9-/m1/s1. The lowest BCUT2D eigenvalue weighted by molar-refractivity contribution is -0.124. The molecular weight excluding hydrogens is 284 g/mol. The van der Waals surface area contributed by atoms with Crippen molar-refractivity contribution in [2.45, 2.75) is 12.2 Å². The first-order chi connectivity index (χ1) is 9.08. The number of imide groups is 1. The molecular formula is C13H15ClN2O2S. The summed E-state index contributed by atoms with van der Waals surface area (Å²) in [6.07, 6.45) is 0. The molecule has 1 aromatic rings. The van der Waals surface area contributed by atoms with Crippen LogP contribution in [0.1, 0.15) is 17.7 Å². The van der Waals surface area contributed by atoms with Crippen LogP contribution in [-0.2, 0) is 4.79 Å². The van der Waals surface area contributed by atoms with Crippen LogP contribution in [0.15, 0.2) is 24.3 Å². The SMILES string of the molecule is C[C@@H](SCC(=O)N1CCNC1=O)c1ccc(Cl)cc1. The van der Waals surface area contributed by atoms with Crippen LogP contribution in [-0.4, -0.2) is 35.7 Å². The first-order valence-electron chi connectivity index (χ1n) is 6.03. The highest BCUT2D eigenvalue weighted by molar-refractivity contribution is 8.00. The van der Waals surface area contributed by atoms with E-state index < -0.39 is 0 Å².